The van der Waals surface area contributed by atoms with Crippen molar-refractivity contribution in [3.8, 4) is 5.75 Å². The average Bonchev–Trinajstić information content (AvgIpc) is 3.09. The molecule has 3 aromatic rings. The van der Waals surface area contributed by atoms with Crippen LogP contribution in [0.5, 0.6) is 5.75 Å². The van der Waals surface area contributed by atoms with Crippen LogP contribution in [0.3, 0.4) is 0 Å². The van der Waals surface area contributed by atoms with Gasteiger partial charge in [0.1, 0.15) is 17.3 Å². The van der Waals surface area contributed by atoms with E-state index in [1.165, 1.54) is 18.9 Å². The lowest BCUT2D eigenvalue weighted by Gasteiger charge is -2.34. The second-order valence-corrected chi connectivity index (χ2v) is 8.95. The number of nitrogens with zero attached hydrogens (tertiary/aromatic N) is 1. The van der Waals surface area contributed by atoms with Crippen LogP contribution in [0.15, 0.2) is 42.5 Å². The molecule has 0 aliphatic heterocycles. The quantitative estimate of drug-likeness (QED) is 0.515. The van der Waals surface area contributed by atoms with E-state index in [1.807, 2.05) is 18.2 Å². The van der Waals surface area contributed by atoms with Crippen molar-refractivity contribution < 1.29 is 19.0 Å². The Morgan fingerprint density at radius 2 is 2.00 bits per heavy atom. The van der Waals surface area contributed by atoms with Crippen LogP contribution in [0, 0.1) is 17.7 Å². The van der Waals surface area contributed by atoms with Crippen molar-refractivity contribution in [3.05, 3.63) is 65.1 Å². The van der Waals surface area contributed by atoms with Gasteiger partial charge in [0.15, 0.2) is 0 Å². The number of carboxylic acids is 1. The number of halogens is 1. The number of aromatic carboxylic acids is 1. The Labute approximate surface area is 188 Å². The van der Waals surface area contributed by atoms with E-state index in [4.69, 9.17) is 4.74 Å². The smallest absolute Gasteiger partial charge is 0.352 e. The van der Waals surface area contributed by atoms with E-state index in [2.05, 4.69) is 19.2 Å². The van der Waals surface area contributed by atoms with E-state index < -0.39 is 5.97 Å². The Hall–Kier alpha value is -2.86. The van der Waals surface area contributed by atoms with Crippen LogP contribution in [0.4, 0.5) is 4.39 Å². The molecule has 1 aromatic heterocycles. The molecule has 0 saturated heterocycles. The van der Waals surface area contributed by atoms with Gasteiger partial charge in [-0.2, -0.15) is 0 Å². The molecule has 0 radical (unpaired) electrons. The number of aromatic nitrogens is 1. The maximum absolute atomic E-state index is 14.4. The van der Waals surface area contributed by atoms with E-state index in [0.29, 0.717) is 35.7 Å². The van der Waals surface area contributed by atoms with Gasteiger partial charge in [-0.15, -0.1) is 0 Å². The highest BCUT2D eigenvalue weighted by atomic mass is 19.1. The number of carbonyl (C=O) groups is 1. The number of fused-ring (bicyclic) bond motifs is 1. The van der Waals surface area contributed by atoms with Gasteiger partial charge in [-0.3, -0.25) is 0 Å². The third-order valence-electron chi connectivity index (χ3n) is 7.11. The Kier molecular flexibility index (Phi) is 6.51. The summed E-state index contributed by atoms with van der Waals surface area (Å²) in [5.41, 5.74) is 2.10. The molecule has 0 amide bonds. The van der Waals surface area contributed by atoms with Gasteiger partial charge in [-0.1, -0.05) is 44.9 Å². The van der Waals surface area contributed by atoms with Gasteiger partial charge in [0.25, 0.3) is 0 Å². The van der Waals surface area contributed by atoms with Gasteiger partial charge >= 0.3 is 5.97 Å². The standard InChI is InChI=1S/C26H31FN2O3/c1-16-7-6-10-23(17(16)2)28-14-21-20-12-11-19(32-3)13-24(20)29(25(21)26(30)31)15-18-8-4-5-9-22(18)27/h4-5,8-9,11-13,16-17,23,28H,6-7,10,14-15H2,1-3H3,(H,30,31)/t16-,17-,23-/m1/s1. The topological polar surface area (TPSA) is 63.5 Å². The molecule has 1 aliphatic carbocycles. The van der Waals surface area contributed by atoms with E-state index in [1.54, 1.807) is 29.9 Å². The summed E-state index contributed by atoms with van der Waals surface area (Å²) < 4.78 is 21.5. The van der Waals surface area contributed by atoms with Gasteiger partial charge in [-0.25, -0.2) is 9.18 Å². The van der Waals surface area contributed by atoms with Crippen molar-refractivity contribution in [1.29, 1.82) is 0 Å². The molecule has 1 fully saturated rings. The number of carboxylic acid groups (broad SMARTS) is 1. The molecular weight excluding hydrogens is 407 g/mol. The molecule has 2 N–H and O–H groups in total. The first-order valence-electron chi connectivity index (χ1n) is 11.3. The van der Waals surface area contributed by atoms with Crippen LogP contribution in [-0.2, 0) is 13.1 Å². The van der Waals surface area contributed by atoms with Crippen LogP contribution in [-0.4, -0.2) is 28.8 Å². The van der Waals surface area contributed by atoms with Gasteiger partial charge in [0.05, 0.1) is 19.2 Å². The summed E-state index contributed by atoms with van der Waals surface area (Å²) in [5.74, 6) is 0.448. The van der Waals surface area contributed by atoms with Gasteiger partial charge < -0.3 is 19.7 Å². The Morgan fingerprint density at radius 1 is 1.22 bits per heavy atom. The number of hydrogen-bond donors (Lipinski definition) is 2. The van der Waals surface area contributed by atoms with Crippen molar-refractivity contribution in [2.45, 2.75) is 52.2 Å². The summed E-state index contributed by atoms with van der Waals surface area (Å²) in [4.78, 5) is 12.4. The summed E-state index contributed by atoms with van der Waals surface area (Å²) in [7, 11) is 1.58. The van der Waals surface area contributed by atoms with E-state index in [-0.39, 0.29) is 18.1 Å². The molecule has 3 atom stereocenters. The van der Waals surface area contributed by atoms with Crippen LogP contribution in [0.25, 0.3) is 10.9 Å². The van der Waals surface area contributed by atoms with E-state index in [9.17, 15) is 14.3 Å². The normalized spacial score (nSPS) is 21.1. The average molecular weight is 439 g/mol. The Bertz CT molecular complexity index is 1120. The van der Waals surface area contributed by atoms with Crippen LogP contribution >= 0.6 is 0 Å². The predicted octanol–water partition coefficient (Wildman–Crippen LogP) is 5.45. The van der Waals surface area contributed by atoms with Crippen molar-refractivity contribution in [2.75, 3.05) is 7.11 Å². The number of methoxy groups -OCH3 is 1. The minimum Gasteiger partial charge on any atom is -0.497 e. The Morgan fingerprint density at radius 3 is 2.72 bits per heavy atom. The number of ether oxygens (including phenoxy) is 1. The SMILES string of the molecule is COc1ccc2c(CN[C@@H]3CCC[C@@H](C)[C@H]3C)c(C(=O)O)n(Cc3ccccc3F)c2c1. The van der Waals surface area contributed by atoms with Crippen molar-refractivity contribution in [1.82, 2.24) is 9.88 Å². The molecule has 1 saturated carbocycles. The zero-order valence-electron chi connectivity index (χ0n) is 18.9. The summed E-state index contributed by atoms with van der Waals surface area (Å²) in [6, 6.07) is 12.4. The third kappa shape index (κ3) is 4.24. The highest BCUT2D eigenvalue weighted by molar-refractivity contribution is 5.98. The first-order chi connectivity index (χ1) is 15.4. The molecule has 32 heavy (non-hydrogen) atoms. The summed E-state index contributed by atoms with van der Waals surface area (Å²) >= 11 is 0. The zero-order valence-corrected chi connectivity index (χ0v) is 18.9. The zero-order chi connectivity index (χ0) is 22.8. The van der Waals surface area contributed by atoms with Crippen LogP contribution in [0.2, 0.25) is 0 Å². The molecule has 2 aromatic carbocycles. The van der Waals surface area contributed by atoms with Crippen LogP contribution in [0.1, 0.15) is 54.7 Å². The minimum absolute atomic E-state index is 0.134. The summed E-state index contributed by atoms with van der Waals surface area (Å²) in [6.45, 7) is 5.14. The van der Waals surface area contributed by atoms with Crippen molar-refractivity contribution in [3.63, 3.8) is 0 Å². The van der Waals surface area contributed by atoms with Gasteiger partial charge in [-0.05, 0) is 36.5 Å². The van der Waals surface area contributed by atoms with Crippen molar-refractivity contribution in [2.24, 2.45) is 11.8 Å². The fourth-order valence-electron chi connectivity index (χ4n) is 5.02. The highest BCUT2D eigenvalue weighted by Gasteiger charge is 2.28. The highest BCUT2D eigenvalue weighted by Crippen LogP contribution is 2.33. The largest absolute Gasteiger partial charge is 0.497 e. The predicted molar refractivity (Wildman–Crippen MR) is 124 cm³/mol. The molecule has 0 unspecified atom stereocenters. The molecule has 6 heteroatoms. The second kappa shape index (κ2) is 9.33. The van der Waals surface area contributed by atoms with E-state index in [0.717, 1.165) is 22.9 Å². The number of benzene rings is 2. The molecule has 4 rings (SSSR count). The molecule has 0 bridgehead atoms. The first-order valence-corrected chi connectivity index (χ1v) is 11.3. The summed E-state index contributed by atoms with van der Waals surface area (Å²) in [6.07, 6.45) is 3.51. The number of hydrogen-bond acceptors (Lipinski definition) is 3. The fraction of sp³-hybridized carbons (Fsp3) is 0.423. The van der Waals surface area contributed by atoms with Crippen LogP contribution < -0.4 is 10.1 Å². The van der Waals surface area contributed by atoms with E-state index >= 15 is 0 Å². The second-order valence-electron chi connectivity index (χ2n) is 8.95. The number of rotatable bonds is 7. The monoisotopic (exact) mass is 438 g/mol. The minimum atomic E-state index is -1.02. The molecule has 5 nitrogen and oxygen atoms in total. The lowest BCUT2D eigenvalue weighted by molar-refractivity contribution is 0.0684. The molecule has 0 spiro atoms. The lowest BCUT2D eigenvalue weighted by atomic mass is 9.78. The molecular formula is C26H31FN2O3. The molecule has 170 valence electrons. The lowest BCUT2D eigenvalue weighted by Crippen LogP contribution is -2.40. The van der Waals surface area contributed by atoms with Gasteiger partial charge in [0, 0.05) is 35.2 Å². The third-order valence-corrected chi connectivity index (χ3v) is 7.11. The first kappa shape index (κ1) is 22.3. The van der Waals surface area contributed by atoms with Gasteiger partial charge in [0.2, 0.25) is 0 Å². The maximum atomic E-state index is 14.4. The van der Waals surface area contributed by atoms with Crippen molar-refractivity contribution >= 4 is 16.9 Å². The maximum Gasteiger partial charge on any atom is 0.352 e. The molecule has 1 heterocycles. The number of nitrogens with one attached hydrogen (secondary N) is 1. The summed E-state index contributed by atoms with van der Waals surface area (Å²) in [5, 5.41) is 14.7. The Balaban J connectivity index is 1.78. The fourth-order valence-corrected chi connectivity index (χ4v) is 5.02. The molecule has 1 aliphatic rings.